The first-order valence-electron chi connectivity index (χ1n) is 5.60. The molecule has 0 aliphatic carbocycles. The quantitative estimate of drug-likeness (QED) is 0.720. The minimum absolute atomic E-state index is 0.335. The Morgan fingerprint density at radius 2 is 1.84 bits per heavy atom. The SMILES string of the molecule is COc1ccc(OC)c2c1sc1c(=O)oc(C)nc12. The van der Waals surface area contributed by atoms with Gasteiger partial charge in [0.05, 0.1) is 24.3 Å². The molecule has 19 heavy (non-hydrogen) atoms. The molecule has 0 amide bonds. The van der Waals surface area contributed by atoms with E-state index in [1.54, 1.807) is 27.2 Å². The Hall–Kier alpha value is -2.08. The molecule has 0 saturated carbocycles. The molecule has 0 atom stereocenters. The fraction of sp³-hybridized carbons (Fsp3) is 0.231. The average Bonchev–Trinajstić information content (AvgIpc) is 2.78. The maximum atomic E-state index is 11.9. The molecule has 98 valence electrons. The smallest absolute Gasteiger partial charge is 0.357 e. The second-order valence-corrected chi connectivity index (χ2v) is 4.99. The summed E-state index contributed by atoms with van der Waals surface area (Å²) in [7, 11) is 3.18. The third-order valence-corrected chi connectivity index (χ3v) is 4.05. The molecule has 0 radical (unpaired) electrons. The Balaban J connectivity index is 2.60. The van der Waals surface area contributed by atoms with Gasteiger partial charge in [-0.3, -0.25) is 0 Å². The molecule has 2 heterocycles. The second kappa shape index (κ2) is 4.24. The van der Waals surface area contributed by atoms with Gasteiger partial charge >= 0.3 is 5.63 Å². The first-order chi connectivity index (χ1) is 9.15. The Labute approximate surface area is 112 Å². The van der Waals surface area contributed by atoms with Gasteiger partial charge in [-0.25, -0.2) is 9.78 Å². The summed E-state index contributed by atoms with van der Waals surface area (Å²) >= 11 is 1.30. The molecule has 0 unspecified atom stereocenters. The van der Waals surface area contributed by atoms with Crippen LogP contribution >= 0.6 is 11.3 Å². The van der Waals surface area contributed by atoms with Gasteiger partial charge in [0, 0.05) is 6.92 Å². The number of aryl methyl sites for hydroxylation is 1. The van der Waals surface area contributed by atoms with Crippen molar-refractivity contribution in [2.24, 2.45) is 0 Å². The highest BCUT2D eigenvalue weighted by atomic mass is 32.1. The predicted molar refractivity (Wildman–Crippen MR) is 73.5 cm³/mol. The van der Waals surface area contributed by atoms with Crippen molar-refractivity contribution in [3.63, 3.8) is 0 Å². The Morgan fingerprint density at radius 3 is 2.53 bits per heavy atom. The minimum atomic E-state index is -0.382. The van der Waals surface area contributed by atoms with Crippen LogP contribution in [0.5, 0.6) is 11.5 Å². The number of benzene rings is 1. The monoisotopic (exact) mass is 277 g/mol. The summed E-state index contributed by atoms with van der Waals surface area (Å²) in [6.45, 7) is 1.65. The van der Waals surface area contributed by atoms with Gasteiger partial charge in [-0.1, -0.05) is 0 Å². The van der Waals surface area contributed by atoms with Crippen molar-refractivity contribution in [3.05, 3.63) is 28.4 Å². The zero-order valence-corrected chi connectivity index (χ0v) is 11.5. The van der Waals surface area contributed by atoms with Gasteiger partial charge in [0.15, 0.2) is 5.89 Å². The third-order valence-electron chi connectivity index (χ3n) is 2.87. The maximum Gasteiger partial charge on any atom is 0.357 e. The van der Waals surface area contributed by atoms with Crippen molar-refractivity contribution in [2.75, 3.05) is 14.2 Å². The van der Waals surface area contributed by atoms with Gasteiger partial charge in [0.2, 0.25) is 0 Å². The topological polar surface area (TPSA) is 61.6 Å². The summed E-state index contributed by atoms with van der Waals surface area (Å²) in [6.07, 6.45) is 0. The van der Waals surface area contributed by atoms with Crippen molar-refractivity contribution in [1.29, 1.82) is 0 Å². The van der Waals surface area contributed by atoms with Crippen LogP contribution in [0.1, 0.15) is 5.89 Å². The molecule has 0 fully saturated rings. The van der Waals surface area contributed by atoms with E-state index < -0.39 is 0 Å². The van der Waals surface area contributed by atoms with E-state index in [0.29, 0.717) is 27.6 Å². The fourth-order valence-electron chi connectivity index (χ4n) is 2.07. The van der Waals surface area contributed by atoms with Crippen molar-refractivity contribution < 1.29 is 13.9 Å². The highest BCUT2D eigenvalue weighted by Crippen LogP contribution is 2.42. The Bertz CT molecular complexity index is 834. The van der Waals surface area contributed by atoms with E-state index in [1.807, 2.05) is 6.07 Å². The Kier molecular flexibility index (Phi) is 2.67. The van der Waals surface area contributed by atoms with E-state index in [-0.39, 0.29) is 5.63 Å². The van der Waals surface area contributed by atoms with Gasteiger partial charge in [0.1, 0.15) is 21.7 Å². The minimum Gasteiger partial charge on any atom is -0.496 e. The molecule has 0 aliphatic rings. The van der Waals surface area contributed by atoms with Crippen molar-refractivity contribution in [1.82, 2.24) is 4.98 Å². The molecule has 5 nitrogen and oxygen atoms in total. The number of rotatable bonds is 2. The normalized spacial score (nSPS) is 11.1. The van der Waals surface area contributed by atoms with E-state index in [2.05, 4.69) is 4.98 Å². The van der Waals surface area contributed by atoms with Crippen LogP contribution in [0, 0.1) is 6.92 Å². The highest BCUT2D eigenvalue weighted by Gasteiger charge is 2.18. The van der Waals surface area contributed by atoms with Gasteiger partial charge in [-0.15, -0.1) is 11.3 Å². The highest BCUT2D eigenvalue weighted by molar-refractivity contribution is 7.26. The van der Waals surface area contributed by atoms with Gasteiger partial charge in [0.25, 0.3) is 0 Å². The molecule has 3 aromatic rings. The van der Waals surface area contributed by atoms with Crippen molar-refractivity contribution >= 4 is 31.6 Å². The molecule has 3 rings (SSSR count). The van der Waals surface area contributed by atoms with Crippen LogP contribution in [0.25, 0.3) is 20.3 Å². The van der Waals surface area contributed by atoms with Crippen LogP contribution in [0.2, 0.25) is 0 Å². The van der Waals surface area contributed by atoms with Crippen LogP contribution < -0.4 is 15.1 Å². The maximum absolute atomic E-state index is 11.9. The van der Waals surface area contributed by atoms with E-state index in [4.69, 9.17) is 13.9 Å². The summed E-state index contributed by atoms with van der Waals surface area (Å²) in [5.74, 6) is 1.69. The Morgan fingerprint density at radius 1 is 1.16 bits per heavy atom. The van der Waals surface area contributed by atoms with Crippen LogP contribution in [-0.4, -0.2) is 19.2 Å². The van der Waals surface area contributed by atoms with Gasteiger partial charge in [-0.05, 0) is 12.1 Å². The fourth-order valence-corrected chi connectivity index (χ4v) is 3.20. The predicted octanol–water partition coefficient (Wildman–Crippen LogP) is 2.73. The van der Waals surface area contributed by atoms with E-state index in [9.17, 15) is 4.79 Å². The molecule has 0 saturated heterocycles. The molecule has 2 aromatic heterocycles. The lowest BCUT2D eigenvalue weighted by Crippen LogP contribution is -2.00. The molecule has 0 aliphatic heterocycles. The number of aromatic nitrogens is 1. The van der Waals surface area contributed by atoms with Crippen LogP contribution in [0.15, 0.2) is 21.3 Å². The molecule has 6 heteroatoms. The lowest BCUT2D eigenvalue weighted by Gasteiger charge is -2.05. The van der Waals surface area contributed by atoms with Crippen molar-refractivity contribution in [3.8, 4) is 11.5 Å². The number of hydrogen-bond donors (Lipinski definition) is 0. The first-order valence-corrected chi connectivity index (χ1v) is 6.42. The summed E-state index contributed by atoms with van der Waals surface area (Å²) in [5, 5.41) is 0.790. The average molecular weight is 277 g/mol. The molecular formula is C13H11NO4S. The summed E-state index contributed by atoms with van der Waals surface area (Å²) in [4.78, 5) is 16.2. The largest absolute Gasteiger partial charge is 0.496 e. The first kappa shape index (κ1) is 12.0. The zero-order valence-electron chi connectivity index (χ0n) is 10.6. The number of fused-ring (bicyclic) bond motifs is 3. The lowest BCUT2D eigenvalue weighted by molar-refractivity contribution is 0.411. The number of ether oxygens (including phenoxy) is 2. The number of thiophene rings is 1. The summed E-state index contributed by atoms with van der Waals surface area (Å²) < 4.78 is 17.0. The molecular weight excluding hydrogens is 266 g/mol. The van der Waals surface area contributed by atoms with E-state index in [1.165, 1.54) is 11.3 Å². The number of nitrogens with zero attached hydrogens (tertiary/aromatic N) is 1. The third kappa shape index (κ3) is 1.67. The van der Waals surface area contributed by atoms with Gasteiger partial charge in [-0.2, -0.15) is 0 Å². The van der Waals surface area contributed by atoms with Crippen LogP contribution in [-0.2, 0) is 0 Å². The van der Waals surface area contributed by atoms with E-state index in [0.717, 1.165) is 10.1 Å². The molecule has 0 spiro atoms. The molecule has 0 bridgehead atoms. The van der Waals surface area contributed by atoms with Crippen LogP contribution in [0.4, 0.5) is 0 Å². The van der Waals surface area contributed by atoms with Crippen molar-refractivity contribution in [2.45, 2.75) is 6.92 Å². The number of methoxy groups -OCH3 is 2. The van der Waals surface area contributed by atoms with E-state index >= 15 is 0 Å². The van der Waals surface area contributed by atoms with Crippen LogP contribution in [0.3, 0.4) is 0 Å². The standard InChI is InChI=1S/C13H11NO4S/c1-6-14-10-9-7(16-2)4-5-8(17-3)11(9)19-12(10)13(15)18-6/h4-5H,1-3H3. The van der Waals surface area contributed by atoms with Gasteiger partial charge < -0.3 is 13.9 Å². The summed E-state index contributed by atoms with van der Waals surface area (Å²) in [5.41, 5.74) is 0.220. The molecule has 1 aromatic carbocycles. The number of hydrogen-bond acceptors (Lipinski definition) is 6. The summed E-state index contributed by atoms with van der Waals surface area (Å²) in [6, 6.07) is 3.62. The molecule has 0 N–H and O–H groups in total. The zero-order chi connectivity index (χ0) is 13.6. The lowest BCUT2D eigenvalue weighted by atomic mass is 10.2. The second-order valence-electron chi connectivity index (χ2n) is 3.97.